The predicted molar refractivity (Wildman–Crippen MR) is 130 cm³/mol. The van der Waals surface area contributed by atoms with E-state index in [0.717, 1.165) is 18.2 Å². The van der Waals surface area contributed by atoms with Crippen molar-refractivity contribution >= 4 is 27.7 Å². The molecule has 0 N–H and O–H groups in total. The molecule has 0 aliphatic carbocycles. The Morgan fingerprint density at radius 1 is 1.08 bits per heavy atom. The highest BCUT2D eigenvalue weighted by Crippen LogP contribution is 2.38. The van der Waals surface area contributed by atoms with Gasteiger partial charge in [0.05, 0.1) is 10.3 Å². The van der Waals surface area contributed by atoms with Crippen molar-refractivity contribution < 1.29 is 30.6 Å². The summed E-state index contributed by atoms with van der Waals surface area (Å²) in [5.41, 5.74) is -3.44. The largest absolute Gasteiger partial charge is 0.417 e. The van der Waals surface area contributed by atoms with Crippen molar-refractivity contribution in [2.75, 3.05) is 0 Å². The molecular formula is C25H27F6N3OS. The minimum Gasteiger partial charge on any atom is -0.331 e. The third-order valence-electron chi connectivity index (χ3n) is 5.12. The van der Waals surface area contributed by atoms with Gasteiger partial charge in [-0.2, -0.15) is 17.6 Å². The van der Waals surface area contributed by atoms with E-state index in [4.69, 9.17) is 0 Å². The molecule has 1 aromatic carbocycles. The van der Waals surface area contributed by atoms with Gasteiger partial charge in [-0.3, -0.25) is 0 Å². The van der Waals surface area contributed by atoms with Gasteiger partial charge in [0.2, 0.25) is 0 Å². The average molecular weight is 532 g/mol. The van der Waals surface area contributed by atoms with E-state index >= 15 is 4.39 Å². The molecule has 0 spiro atoms. The molecule has 1 atom stereocenters. The molecule has 0 aliphatic heterocycles. The predicted octanol–water partition coefficient (Wildman–Crippen LogP) is 7.42. The Bertz CT molecular complexity index is 1330. The topological polar surface area (TPSA) is 47.2 Å². The van der Waals surface area contributed by atoms with E-state index in [9.17, 15) is 26.2 Å². The lowest BCUT2D eigenvalue weighted by molar-refractivity contribution is -0.137. The van der Waals surface area contributed by atoms with Crippen LogP contribution in [-0.2, 0) is 23.7 Å². The van der Waals surface area contributed by atoms with E-state index in [1.807, 2.05) is 20.8 Å². The highest BCUT2D eigenvalue weighted by Gasteiger charge is 2.35. The fourth-order valence-electron chi connectivity index (χ4n) is 3.58. The Labute approximate surface area is 208 Å². The SMILES string of the molecule is CC(C)(C)Cn1cc(/C(=N\[S@@](=O)C(C)(C)C)C(F)F)c2cc(F)c(-c3ccccc3C(F)(F)F)nc21. The first kappa shape index (κ1) is 27.9. The molecule has 0 aliphatic rings. The molecule has 3 aromatic rings. The third kappa shape index (κ3) is 5.99. The fraction of sp³-hybridized carbons (Fsp3) is 0.440. The molecule has 0 saturated heterocycles. The molecule has 3 rings (SSSR count). The number of alkyl halides is 5. The zero-order chi connectivity index (χ0) is 27.2. The maximum atomic E-state index is 15.3. The molecule has 0 radical (unpaired) electrons. The summed E-state index contributed by atoms with van der Waals surface area (Å²) in [6.07, 6.45) is -6.59. The van der Waals surface area contributed by atoms with Gasteiger partial charge in [-0.25, -0.2) is 22.4 Å². The Balaban J connectivity index is 2.36. The third-order valence-corrected chi connectivity index (χ3v) is 6.53. The quantitative estimate of drug-likeness (QED) is 0.254. The standard InChI is InChI=1S/C25H27F6N3OS/c1-23(2,3)13-34-12-16(20(21(27)28)33-36(35)24(4,5)6)15-11-18(26)19(32-22(15)34)14-9-7-8-10-17(14)25(29,30)31/h7-12,21H,13H2,1-6H3/b33-20+/t36-/m0/s1. The maximum absolute atomic E-state index is 15.3. The second-order valence-corrected chi connectivity index (χ2v) is 12.5. The van der Waals surface area contributed by atoms with Crippen LogP contribution in [0.2, 0.25) is 0 Å². The van der Waals surface area contributed by atoms with Crippen molar-refractivity contribution in [1.82, 2.24) is 9.55 Å². The van der Waals surface area contributed by atoms with Crippen LogP contribution in [0.3, 0.4) is 0 Å². The summed E-state index contributed by atoms with van der Waals surface area (Å²) in [4.78, 5) is 4.21. The summed E-state index contributed by atoms with van der Waals surface area (Å²) in [7, 11) is -2.03. The Hall–Kier alpha value is -2.69. The second-order valence-electron chi connectivity index (χ2n) is 10.6. The molecule has 0 saturated carbocycles. The van der Waals surface area contributed by atoms with Gasteiger partial charge in [0, 0.05) is 29.3 Å². The van der Waals surface area contributed by atoms with Gasteiger partial charge in [0.25, 0.3) is 6.43 Å². The first-order chi connectivity index (χ1) is 16.4. The first-order valence-corrected chi connectivity index (χ1v) is 12.2. The molecule has 4 nitrogen and oxygen atoms in total. The van der Waals surface area contributed by atoms with Crippen molar-refractivity contribution in [2.45, 2.75) is 65.4 Å². The lowest BCUT2D eigenvalue weighted by atomic mass is 9.97. The van der Waals surface area contributed by atoms with Gasteiger partial charge in [-0.15, -0.1) is 0 Å². The number of nitrogens with zero attached hydrogens (tertiary/aromatic N) is 3. The van der Waals surface area contributed by atoms with Gasteiger partial charge in [-0.1, -0.05) is 39.0 Å². The van der Waals surface area contributed by atoms with Crippen LogP contribution in [0.25, 0.3) is 22.3 Å². The van der Waals surface area contributed by atoms with E-state index in [2.05, 4.69) is 9.38 Å². The summed E-state index contributed by atoms with van der Waals surface area (Å²) < 4.78 is 101. The van der Waals surface area contributed by atoms with Gasteiger partial charge in [0.1, 0.15) is 33.9 Å². The number of benzene rings is 1. The summed E-state index contributed by atoms with van der Waals surface area (Å²) in [6.45, 7) is 10.6. The number of halogens is 6. The van der Waals surface area contributed by atoms with Crippen LogP contribution >= 0.6 is 0 Å². The number of fused-ring (bicyclic) bond motifs is 1. The summed E-state index contributed by atoms with van der Waals surface area (Å²) in [5.74, 6) is -1.11. The van der Waals surface area contributed by atoms with Gasteiger partial charge in [-0.05, 0) is 38.3 Å². The Morgan fingerprint density at radius 2 is 1.69 bits per heavy atom. The molecule has 36 heavy (non-hydrogen) atoms. The van der Waals surface area contributed by atoms with E-state index in [1.54, 1.807) is 20.8 Å². The van der Waals surface area contributed by atoms with Crippen LogP contribution < -0.4 is 0 Å². The molecule has 0 fully saturated rings. The molecule has 0 unspecified atom stereocenters. The minimum atomic E-state index is -4.76. The highest BCUT2D eigenvalue weighted by molar-refractivity contribution is 7.85. The number of pyridine rings is 1. The van der Waals surface area contributed by atoms with Gasteiger partial charge < -0.3 is 4.57 Å². The number of hydrogen-bond acceptors (Lipinski definition) is 2. The molecule has 2 aromatic heterocycles. The molecule has 196 valence electrons. The minimum absolute atomic E-state index is 0.0168. The zero-order valence-electron chi connectivity index (χ0n) is 20.7. The smallest absolute Gasteiger partial charge is 0.331 e. The van der Waals surface area contributed by atoms with Crippen molar-refractivity contribution in [3.05, 3.63) is 53.5 Å². The van der Waals surface area contributed by atoms with E-state index in [-0.39, 0.29) is 28.6 Å². The molecular weight excluding hydrogens is 504 g/mol. The van der Waals surface area contributed by atoms with Crippen molar-refractivity contribution in [2.24, 2.45) is 9.81 Å². The van der Waals surface area contributed by atoms with Crippen molar-refractivity contribution in [1.29, 1.82) is 0 Å². The fourth-order valence-corrected chi connectivity index (χ4v) is 4.21. The number of aromatic nitrogens is 2. The molecule has 2 heterocycles. The average Bonchev–Trinajstić information content (AvgIpc) is 3.04. The van der Waals surface area contributed by atoms with Crippen LogP contribution in [0.4, 0.5) is 26.3 Å². The van der Waals surface area contributed by atoms with E-state index in [0.29, 0.717) is 0 Å². The lowest BCUT2D eigenvalue weighted by Gasteiger charge is -2.20. The maximum Gasteiger partial charge on any atom is 0.417 e. The van der Waals surface area contributed by atoms with Gasteiger partial charge in [0.15, 0.2) is 0 Å². The van der Waals surface area contributed by atoms with E-state index < -0.39 is 56.7 Å². The monoisotopic (exact) mass is 531 g/mol. The summed E-state index contributed by atoms with van der Waals surface area (Å²) in [6, 6.07) is 5.33. The zero-order valence-corrected chi connectivity index (χ0v) is 21.5. The summed E-state index contributed by atoms with van der Waals surface area (Å²) >= 11 is 0. The van der Waals surface area contributed by atoms with Gasteiger partial charge >= 0.3 is 6.18 Å². The number of rotatable bonds is 5. The van der Waals surface area contributed by atoms with Crippen LogP contribution in [0.15, 0.2) is 40.9 Å². The van der Waals surface area contributed by atoms with Crippen LogP contribution in [0, 0.1) is 11.2 Å². The van der Waals surface area contributed by atoms with Crippen molar-refractivity contribution in [3.8, 4) is 11.3 Å². The summed E-state index contributed by atoms with van der Waals surface area (Å²) in [5, 5.41) is -0.0602. The number of hydrogen-bond donors (Lipinski definition) is 0. The second kappa shape index (κ2) is 9.64. The first-order valence-electron chi connectivity index (χ1n) is 11.1. The molecule has 0 bridgehead atoms. The van der Waals surface area contributed by atoms with Crippen LogP contribution in [-0.4, -0.2) is 30.6 Å². The normalized spacial score (nSPS) is 14.6. The highest BCUT2D eigenvalue weighted by atomic mass is 32.2. The molecule has 0 amide bonds. The van der Waals surface area contributed by atoms with Crippen LogP contribution in [0.1, 0.15) is 52.7 Å². The molecule has 11 heteroatoms. The van der Waals surface area contributed by atoms with Crippen LogP contribution in [0.5, 0.6) is 0 Å². The Kier molecular flexibility index (Phi) is 7.47. The van der Waals surface area contributed by atoms with Crippen molar-refractivity contribution in [3.63, 3.8) is 0 Å². The Morgan fingerprint density at radius 3 is 2.22 bits per heavy atom. The van der Waals surface area contributed by atoms with E-state index in [1.165, 1.54) is 22.9 Å². The lowest BCUT2D eigenvalue weighted by Crippen LogP contribution is -2.23.